The van der Waals surface area contributed by atoms with Gasteiger partial charge in [-0.1, -0.05) is 24.3 Å². The molecule has 3 aliphatic rings. The van der Waals surface area contributed by atoms with Gasteiger partial charge in [-0.25, -0.2) is 0 Å². The number of ether oxygens (including phenoxy) is 1. The fraction of sp³-hybridized carbons (Fsp3) is 0.375. The number of nitrogens with one attached hydrogen (secondary N) is 3. The molecule has 0 saturated carbocycles. The van der Waals surface area contributed by atoms with Crippen LogP contribution in [0.5, 0.6) is 5.75 Å². The van der Waals surface area contributed by atoms with Gasteiger partial charge in [0, 0.05) is 36.6 Å². The van der Waals surface area contributed by atoms with E-state index in [9.17, 15) is 9.90 Å². The van der Waals surface area contributed by atoms with Crippen LogP contribution in [0.25, 0.3) is 12.4 Å². The summed E-state index contributed by atoms with van der Waals surface area (Å²) in [6, 6.07) is 12.2. The zero-order chi connectivity index (χ0) is 28.7. The number of fused-ring (bicyclic) bond motifs is 2. The van der Waals surface area contributed by atoms with Crippen molar-refractivity contribution in [3.63, 3.8) is 0 Å². The molecule has 9 nitrogen and oxygen atoms in total. The van der Waals surface area contributed by atoms with Crippen LogP contribution in [0.15, 0.2) is 42.6 Å². The molecule has 6 rings (SSSR count). The van der Waals surface area contributed by atoms with Crippen molar-refractivity contribution in [3.8, 4) is 5.75 Å². The minimum atomic E-state index is -0.724. The molecular formula is C32H38N6O3. The molecule has 0 bridgehead atoms. The Labute approximate surface area is 240 Å². The predicted octanol–water partition coefficient (Wildman–Crippen LogP) is 2.61. The summed E-state index contributed by atoms with van der Waals surface area (Å²) in [5.41, 5.74) is 6.60. The van der Waals surface area contributed by atoms with Crippen LogP contribution in [0, 0.1) is 13.8 Å². The van der Waals surface area contributed by atoms with E-state index in [1.54, 1.807) is 6.20 Å². The van der Waals surface area contributed by atoms with Crippen LogP contribution in [0.2, 0.25) is 0 Å². The lowest BCUT2D eigenvalue weighted by molar-refractivity contribution is 0.0617. The average molecular weight is 555 g/mol. The number of aryl methyl sites for hydroxylation is 2. The lowest BCUT2D eigenvalue weighted by atomic mass is 10.0. The van der Waals surface area contributed by atoms with Crippen molar-refractivity contribution in [1.29, 1.82) is 0 Å². The van der Waals surface area contributed by atoms with Gasteiger partial charge in [0.05, 0.1) is 21.9 Å². The van der Waals surface area contributed by atoms with Crippen molar-refractivity contribution in [3.05, 3.63) is 75.4 Å². The first-order valence-corrected chi connectivity index (χ1v) is 14.3. The summed E-state index contributed by atoms with van der Waals surface area (Å²) in [6.07, 6.45) is 3.00. The minimum Gasteiger partial charge on any atom is -0.491 e. The molecule has 0 spiro atoms. The summed E-state index contributed by atoms with van der Waals surface area (Å²) in [5, 5.41) is 22.3. The van der Waals surface area contributed by atoms with Crippen LogP contribution in [-0.2, 0) is 6.54 Å². The van der Waals surface area contributed by atoms with Crippen LogP contribution in [0.3, 0.4) is 0 Å². The number of rotatable bonds is 7. The number of amides is 1. The van der Waals surface area contributed by atoms with Gasteiger partial charge in [-0.2, -0.15) is 0 Å². The number of aromatic nitrogens is 1. The first-order valence-electron chi connectivity index (χ1n) is 14.3. The molecule has 0 radical (unpaired) electrons. The van der Waals surface area contributed by atoms with Crippen molar-refractivity contribution in [1.82, 2.24) is 14.8 Å². The normalized spacial score (nSPS) is 18.9. The van der Waals surface area contributed by atoms with Crippen molar-refractivity contribution in [2.24, 2.45) is 0 Å². The molecule has 41 heavy (non-hydrogen) atoms. The second-order valence-electron chi connectivity index (χ2n) is 11.4. The molecule has 4 N–H and O–H groups in total. The second-order valence-corrected chi connectivity index (χ2v) is 11.4. The van der Waals surface area contributed by atoms with Crippen LogP contribution in [-0.4, -0.2) is 71.2 Å². The number of carbonyl (C=O) groups excluding carboxylic acids is 1. The Morgan fingerprint density at radius 2 is 1.90 bits per heavy atom. The summed E-state index contributed by atoms with van der Waals surface area (Å²) < 4.78 is 5.86. The van der Waals surface area contributed by atoms with Crippen molar-refractivity contribution >= 4 is 35.4 Å². The Kier molecular flexibility index (Phi) is 7.32. The predicted molar refractivity (Wildman–Crippen MR) is 162 cm³/mol. The van der Waals surface area contributed by atoms with Crippen LogP contribution in [0.4, 0.5) is 17.1 Å². The van der Waals surface area contributed by atoms with E-state index < -0.39 is 6.10 Å². The van der Waals surface area contributed by atoms with Gasteiger partial charge in [0.1, 0.15) is 24.3 Å². The smallest absolute Gasteiger partial charge is 0.254 e. The third kappa shape index (κ3) is 5.47. The Bertz CT molecular complexity index is 1600. The second kappa shape index (κ2) is 11.1. The first kappa shape index (κ1) is 27.1. The van der Waals surface area contributed by atoms with E-state index in [4.69, 9.17) is 4.74 Å². The Balaban J connectivity index is 1.16. The number of pyridine rings is 1. The maximum Gasteiger partial charge on any atom is 0.254 e. The van der Waals surface area contributed by atoms with E-state index in [-0.39, 0.29) is 19.1 Å². The molecule has 1 aromatic heterocycles. The number of carbonyl (C=O) groups is 1. The van der Waals surface area contributed by atoms with Crippen LogP contribution >= 0.6 is 0 Å². The lowest BCUT2D eigenvalue weighted by Crippen LogP contribution is -2.43. The lowest BCUT2D eigenvalue weighted by Gasteiger charge is -2.34. The van der Waals surface area contributed by atoms with E-state index in [0.29, 0.717) is 17.9 Å². The van der Waals surface area contributed by atoms with Gasteiger partial charge in [-0.3, -0.25) is 9.78 Å². The van der Waals surface area contributed by atoms with E-state index in [0.717, 1.165) is 76.5 Å². The van der Waals surface area contributed by atoms with Gasteiger partial charge in [0.25, 0.3) is 5.91 Å². The molecule has 0 unspecified atom stereocenters. The molecule has 4 heterocycles. The van der Waals surface area contributed by atoms with Gasteiger partial charge in [-0.15, -0.1) is 0 Å². The third-order valence-electron chi connectivity index (χ3n) is 8.29. The van der Waals surface area contributed by atoms with E-state index >= 15 is 0 Å². The molecule has 9 heteroatoms. The molecule has 3 aliphatic heterocycles. The van der Waals surface area contributed by atoms with Gasteiger partial charge in [-0.05, 0) is 82.2 Å². The van der Waals surface area contributed by atoms with Crippen molar-refractivity contribution in [2.45, 2.75) is 45.4 Å². The highest BCUT2D eigenvalue weighted by Crippen LogP contribution is 2.38. The van der Waals surface area contributed by atoms with E-state index in [1.807, 2.05) is 43.0 Å². The van der Waals surface area contributed by atoms with E-state index in [1.165, 1.54) is 5.56 Å². The molecule has 2 aromatic carbocycles. The number of hydrogen-bond acceptors (Lipinski definition) is 8. The third-order valence-corrected chi connectivity index (χ3v) is 8.29. The van der Waals surface area contributed by atoms with Gasteiger partial charge < -0.3 is 35.6 Å². The SMILES string of the molecule is C=c1nccc(NC[C@@H](O)COc2ccc(C)cc2C)c1=C1Nc2cc3c(cc2N1)C(=O)N(C1CCN(C)CC1)C3. The summed E-state index contributed by atoms with van der Waals surface area (Å²) in [7, 11) is 2.14. The number of aliphatic hydroxyl groups is 1. The minimum absolute atomic E-state index is 0.117. The zero-order valence-electron chi connectivity index (χ0n) is 24.0. The maximum atomic E-state index is 13.4. The molecule has 1 amide bonds. The highest BCUT2D eigenvalue weighted by molar-refractivity contribution is 6.03. The van der Waals surface area contributed by atoms with Crippen LogP contribution in [0.1, 0.15) is 39.9 Å². The number of benzene rings is 2. The van der Waals surface area contributed by atoms with Gasteiger partial charge in [0.2, 0.25) is 0 Å². The number of piperidine rings is 1. The first-order chi connectivity index (χ1) is 19.8. The van der Waals surface area contributed by atoms with Crippen molar-refractivity contribution < 1.29 is 14.6 Å². The fourth-order valence-electron chi connectivity index (χ4n) is 5.98. The monoisotopic (exact) mass is 554 g/mol. The van der Waals surface area contributed by atoms with E-state index in [2.05, 4.69) is 51.6 Å². The number of anilines is 3. The van der Waals surface area contributed by atoms with Crippen LogP contribution < -0.4 is 31.3 Å². The Morgan fingerprint density at radius 1 is 1.15 bits per heavy atom. The molecule has 0 aliphatic carbocycles. The highest BCUT2D eigenvalue weighted by Gasteiger charge is 2.35. The summed E-state index contributed by atoms with van der Waals surface area (Å²) in [4.78, 5) is 22.1. The average Bonchev–Trinajstić information content (AvgIpc) is 3.50. The summed E-state index contributed by atoms with van der Waals surface area (Å²) >= 11 is 0. The standard InChI is InChI=1S/C32H38N6O3/c1-19-5-6-29(20(2)13-19)41-18-24(39)16-34-26-7-10-33-21(3)30(26)31-35-27-14-22-17-38(23-8-11-37(4)12-9-23)32(40)25(22)15-28(27)36-31/h5-7,10,13-15,23-24,34-36,39H,3,8-9,11-12,16-18H2,1-2,4H3/t24-/m1/s1. The topological polar surface area (TPSA) is 102 Å². The molecule has 214 valence electrons. The number of likely N-dealkylation sites (tertiary alicyclic amines) is 1. The Morgan fingerprint density at radius 3 is 2.66 bits per heavy atom. The highest BCUT2D eigenvalue weighted by atomic mass is 16.5. The number of nitrogens with zero attached hydrogens (tertiary/aromatic N) is 3. The molecule has 1 saturated heterocycles. The number of aliphatic hydroxyl groups excluding tert-OH is 1. The molecule has 1 atom stereocenters. The molecule has 3 aromatic rings. The summed E-state index contributed by atoms with van der Waals surface area (Å²) in [5.74, 6) is 1.63. The van der Waals surface area contributed by atoms with Crippen molar-refractivity contribution in [2.75, 3.05) is 49.2 Å². The fourth-order valence-corrected chi connectivity index (χ4v) is 5.98. The maximum absolute atomic E-state index is 13.4. The van der Waals surface area contributed by atoms with Gasteiger partial charge >= 0.3 is 0 Å². The summed E-state index contributed by atoms with van der Waals surface area (Å²) in [6.45, 7) is 11.3. The largest absolute Gasteiger partial charge is 0.491 e. The molecular weight excluding hydrogens is 516 g/mol. The quantitative estimate of drug-likeness (QED) is 0.354. The van der Waals surface area contributed by atoms with Gasteiger partial charge in [0.15, 0.2) is 0 Å². The molecule has 1 fully saturated rings. The zero-order valence-corrected chi connectivity index (χ0v) is 24.0. The Hall–Kier alpha value is -4.08. The number of hydrogen-bond donors (Lipinski definition) is 4.